The number of fused-ring (bicyclic) bond motifs is 1. The summed E-state index contributed by atoms with van der Waals surface area (Å²) in [5.74, 6) is -0.325. The Bertz CT molecular complexity index is 890. The average Bonchev–Trinajstić information content (AvgIpc) is 2.56. The van der Waals surface area contributed by atoms with Crippen molar-refractivity contribution in [3.63, 3.8) is 0 Å². The number of nitrogens with zero attached hydrogens (tertiary/aromatic N) is 3. The van der Waals surface area contributed by atoms with Gasteiger partial charge in [0.05, 0.1) is 12.0 Å². The molecule has 0 amide bonds. The molecule has 0 spiro atoms. The first kappa shape index (κ1) is 13.9. The summed E-state index contributed by atoms with van der Waals surface area (Å²) >= 11 is 0. The first-order chi connectivity index (χ1) is 10.7. The molecule has 0 N–H and O–H groups in total. The summed E-state index contributed by atoms with van der Waals surface area (Å²) < 4.78 is 9.50. The van der Waals surface area contributed by atoms with Gasteiger partial charge >= 0.3 is 11.6 Å². The van der Waals surface area contributed by atoms with Gasteiger partial charge in [-0.25, -0.2) is 19.6 Å². The number of hydrogen-bond acceptors (Lipinski definition) is 7. The second kappa shape index (κ2) is 5.72. The van der Waals surface area contributed by atoms with Crippen LogP contribution < -0.4 is 5.63 Å². The zero-order valence-electron chi connectivity index (χ0n) is 11.6. The van der Waals surface area contributed by atoms with E-state index < -0.39 is 11.6 Å². The molecule has 3 aromatic rings. The number of aromatic nitrogens is 3. The normalized spacial score (nSPS) is 10.6. The highest BCUT2D eigenvalue weighted by Crippen LogP contribution is 2.18. The Kier molecular flexibility index (Phi) is 3.61. The standard InChI is InChI=1S/C15H11N3O4/c1-2-21-14(19)12-10-8-16-13(9-6-4-3-5-7-9)17-11(10)15(20)22-18-12/h3-8H,2H2,1H3. The molecule has 2 heterocycles. The van der Waals surface area contributed by atoms with E-state index >= 15 is 0 Å². The average molecular weight is 297 g/mol. The summed E-state index contributed by atoms with van der Waals surface area (Å²) in [7, 11) is 0. The zero-order valence-corrected chi connectivity index (χ0v) is 11.6. The Balaban J connectivity index is 2.19. The number of esters is 1. The van der Waals surface area contributed by atoms with E-state index in [1.54, 1.807) is 6.92 Å². The quantitative estimate of drug-likeness (QED) is 0.680. The molecule has 0 bridgehead atoms. The van der Waals surface area contributed by atoms with Crippen LogP contribution in [0.3, 0.4) is 0 Å². The number of benzene rings is 1. The maximum absolute atomic E-state index is 11.8. The van der Waals surface area contributed by atoms with Crippen LogP contribution in [0.15, 0.2) is 45.8 Å². The van der Waals surface area contributed by atoms with Crippen LogP contribution in [0.4, 0.5) is 0 Å². The molecule has 7 heteroatoms. The molecule has 110 valence electrons. The minimum absolute atomic E-state index is 0.00749. The molecule has 2 aromatic heterocycles. The number of hydrogen-bond donors (Lipinski definition) is 0. The second-order valence-electron chi connectivity index (χ2n) is 4.36. The molecule has 0 aliphatic rings. The third-order valence-electron chi connectivity index (χ3n) is 2.96. The summed E-state index contributed by atoms with van der Waals surface area (Å²) in [4.78, 5) is 32.0. The van der Waals surface area contributed by atoms with Crippen LogP contribution in [0.5, 0.6) is 0 Å². The molecular weight excluding hydrogens is 286 g/mol. The van der Waals surface area contributed by atoms with Crippen LogP contribution in [0.1, 0.15) is 17.4 Å². The van der Waals surface area contributed by atoms with Crippen molar-refractivity contribution < 1.29 is 14.1 Å². The highest BCUT2D eigenvalue weighted by atomic mass is 16.5. The van der Waals surface area contributed by atoms with Gasteiger partial charge in [0.1, 0.15) is 0 Å². The van der Waals surface area contributed by atoms with Crippen LogP contribution in [-0.4, -0.2) is 27.7 Å². The largest absolute Gasteiger partial charge is 0.461 e. The third kappa shape index (κ3) is 2.44. The predicted octanol–water partition coefficient (Wildman–Crippen LogP) is 1.82. The highest BCUT2D eigenvalue weighted by Gasteiger charge is 2.19. The van der Waals surface area contributed by atoms with Gasteiger partial charge in [0.15, 0.2) is 17.0 Å². The smallest absolute Gasteiger partial charge is 0.384 e. The Morgan fingerprint density at radius 2 is 2.05 bits per heavy atom. The number of ether oxygens (including phenoxy) is 1. The van der Waals surface area contributed by atoms with E-state index in [9.17, 15) is 9.59 Å². The van der Waals surface area contributed by atoms with Crippen LogP contribution >= 0.6 is 0 Å². The van der Waals surface area contributed by atoms with Crippen molar-refractivity contribution in [2.45, 2.75) is 6.92 Å². The van der Waals surface area contributed by atoms with E-state index in [1.807, 2.05) is 30.3 Å². The van der Waals surface area contributed by atoms with Crippen molar-refractivity contribution in [2.24, 2.45) is 0 Å². The summed E-state index contributed by atoms with van der Waals surface area (Å²) in [6, 6.07) is 9.16. The number of carbonyl (C=O) groups is 1. The van der Waals surface area contributed by atoms with Crippen LogP contribution in [0, 0.1) is 0 Å². The monoisotopic (exact) mass is 297 g/mol. The lowest BCUT2D eigenvalue weighted by Crippen LogP contribution is -2.13. The SMILES string of the molecule is CCOC(=O)c1noc(=O)c2nc(-c3ccccc3)ncc12. The molecule has 0 saturated heterocycles. The molecule has 22 heavy (non-hydrogen) atoms. The summed E-state index contributed by atoms with van der Waals surface area (Å²) in [6.07, 6.45) is 1.38. The van der Waals surface area contributed by atoms with Crippen molar-refractivity contribution in [1.82, 2.24) is 15.1 Å². The van der Waals surface area contributed by atoms with Gasteiger partial charge in [-0.05, 0) is 6.92 Å². The minimum atomic E-state index is -0.734. The Morgan fingerprint density at radius 3 is 2.77 bits per heavy atom. The number of rotatable bonds is 3. The van der Waals surface area contributed by atoms with E-state index in [0.29, 0.717) is 5.82 Å². The number of carbonyl (C=O) groups excluding carboxylic acids is 1. The molecule has 0 radical (unpaired) electrons. The first-order valence-corrected chi connectivity index (χ1v) is 6.60. The van der Waals surface area contributed by atoms with Gasteiger partial charge < -0.3 is 9.26 Å². The lowest BCUT2D eigenvalue weighted by Gasteiger charge is -2.04. The topological polar surface area (TPSA) is 95.2 Å². The highest BCUT2D eigenvalue weighted by molar-refractivity contribution is 6.00. The lowest BCUT2D eigenvalue weighted by molar-refractivity contribution is 0.0512. The van der Waals surface area contributed by atoms with Gasteiger partial charge in [0.25, 0.3) is 0 Å². The van der Waals surface area contributed by atoms with E-state index in [0.717, 1.165) is 5.56 Å². The summed E-state index contributed by atoms with van der Waals surface area (Å²) in [5, 5.41) is 3.69. The summed E-state index contributed by atoms with van der Waals surface area (Å²) in [6.45, 7) is 1.85. The minimum Gasteiger partial charge on any atom is -0.461 e. The molecule has 1 aromatic carbocycles. The molecular formula is C15H11N3O4. The van der Waals surface area contributed by atoms with Crippen LogP contribution in [0.2, 0.25) is 0 Å². The van der Waals surface area contributed by atoms with E-state index in [1.165, 1.54) is 6.20 Å². The van der Waals surface area contributed by atoms with Gasteiger partial charge in [-0.2, -0.15) is 0 Å². The predicted molar refractivity (Wildman–Crippen MR) is 77.3 cm³/mol. The fourth-order valence-corrected chi connectivity index (χ4v) is 1.96. The van der Waals surface area contributed by atoms with Crippen LogP contribution in [-0.2, 0) is 4.74 Å². The van der Waals surface area contributed by atoms with Crippen molar-refractivity contribution in [3.8, 4) is 11.4 Å². The van der Waals surface area contributed by atoms with Gasteiger partial charge in [0, 0.05) is 11.8 Å². The van der Waals surface area contributed by atoms with Crippen molar-refractivity contribution in [3.05, 3.63) is 52.6 Å². The van der Waals surface area contributed by atoms with Gasteiger partial charge in [-0.3, -0.25) is 0 Å². The van der Waals surface area contributed by atoms with E-state index in [-0.39, 0.29) is 23.2 Å². The molecule has 7 nitrogen and oxygen atoms in total. The van der Waals surface area contributed by atoms with E-state index in [2.05, 4.69) is 19.6 Å². The Morgan fingerprint density at radius 1 is 1.27 bits per heavy atom. The van der Waals surface area contributed by atoms with Crippen molar-refractivity contribution in [2.75, 3.05) is 6.61 Å². The van der Waals surface area contributed by atoms with Gasteiger partial charge in [0.2, 0.25) is 0 Å². The maximum Gasteiger partial charge on any atom is 0.384 e. The summed E-state index contributed by atoms with van der Waals surface area (Å²) in [5.41, 5.74) is -0.108. The first-order valence-electron chi connectivity index (χ1n) is 6.60. The van der Waals surface area contributed by atoms with Gasteiger partial charge in [-0.15, -0.1) is 0 Å². The third-order valence-corrected chi connectivity index (χ3v) is 2.96. The van der Waals surface area contributed by atoms with Gasteiger partial charge in [-0.1, -0.05) is 35.5 Å². The zero-order chi connectivity index (χ0) is 15.5. The Labute approximate surface area is 124 Å². The fourth-order valence-electron chi connectivity index (χ4n) is 1.96. The van der Waals surface area contributed by atoms with E-state index in [4.69, 9.17) is 4.74 Å². The molecule has 0 aliphatic carbocycles. The molecule has 3 rings (SSSR count). The van der Waals surface area contributed by atoms with Crippen molar-refractivity contribution >= 4 is 16.9 Å². The molecule has 0 saturated carbocycles. The molecule has 0 atom stereocenters. The maximum atomic E-state index is 11.8. The lowest BCUT2D eigenvalue weighted by atomic mass is 10.2. The van der Waals surface area contributed by atoms with Crippen LogP contribution in [0.25, 0.3) is 22.3 Å². The second-order valence-corrected chi connectivity index (χ2v) is 4.36. The fraction of sp³-hybridized carbons (Fsp3) is 0.133. The molecule has 0 fully saturated rings. The Hall–Kier alpha value is -3.09. The molecule has 0 aliphatic heterocycles. The van der Waals surface area contributed by atoms with Crippen molar-refractivity contribution in [1.29, 1.82) is 0 Å². The molecule has 0 unspecified atom stereocenters.